The summed E-state index contributed by atoms with van der Waals surface area (Å²) in [6.45, 7) is 4.44. The van der Waals surface area contributed by atoms with Gasteiger partial charge in [-0.25, -0.2) is 8.42 Å². The summed E-state index contributed by atoms with van der Waals surface area (Å²) in [6, 6.07) is -0.505. The van der Waals surface area contributed by atoms with E-state index in [1.54, 1.807) is 0 Å². The van der Waals surface area contributed by atoms with Gasteiger partial charge in [0.1, 0.15) is 6.04 Å². The van der Waals surface area contributed by atoms with Crippen molar-refractivity contribution in [2.24, 2.45) is 0 Å². The second-order valence-electron chi connectivity index (χ2n) is 6.08. The third kappa shape index (κ3) is 4.93. The van der Waals surface area contributed by atoms with E-state index in [0.717, 1.165) is 19.4 Å². The number of carbonyl (C=O) groups excluding carboxylic acids is 1. The minimum Gasteiger partial charge on any atom is -0.355 e. The quantitative estimate of drug-likeness (QED) is 0.720. The van der Waals surface area contributed by atoms with Crippen LogP contribution in [0.15, 0.2) is 0 Å². The first kappa shape index (κ1) is 16.7. The molecule has 7 heteroatoms. The third-order valence-corrected chi connectivity index (χ3v) is 5.62. The molecule has 0 bridgehead atoms. The zero-order valence-corrected chi connectivity index (χ0v) is 13.7. The van der Waals surface area contributed by atoms with Crippen LogP contribution >= 0.6 is 0 Å². The molecular formula is C14H27N3O3S. The monoisotopic (exact) mass is 317 g/mol. The molecule has 1 amide bonds. The molecule has 2 aliphatic rings. The summed E-state index contributed by atoms with van der Waals surface area (Å²) in [6.07, 6.45) is 7.38. The Bertz CT molecular complexity index is 446. The minimum atomic E-state index is -3.28. The summed E-state index contributed by atoms with van der Waals surface area (Å²) >= 11 is 0. The van der Waals surface area contributed by atoms with E-state index in [4.69, 9.17) is 0 Å². The predicted molar refractivity (Wildman–Crippen MR) is 82.5 cm³/mol. The Morgan fingerprint density at radius 3 is 2.52 bits per heavy atom. The van der Waals surface area contributed by atoms with Gasteiger partial charge in [0.05, 0.1) is 6.26 Å². The molecule has 0 spiro atoms. The average molecular weight is 317 g/mol. The summed E-state index contributed by atoms with van der Waals surface area (Å²) in [5.41, 5.74) is 0. The fraction of sp³-hybridized carbons (Fsp3) is 0.929. The number of hydrogen-bond acceptors (Lipinski definition) is 4. The van der Waals surface area contributed by atoms with Crippen molar-refractivity contribution in [2.75, 3.05) is 39.0 Å². The molecule has 1 N–H and O–H groups in total. The second-order valence-corrected chi connectivity index (χ2v) is 8.01. The van der Waals surface area contributed by atoms with Crippen molar-refractivity contribution in [3.63, 3.8) is 0 Å². The normalized spacial score (nSPS) is 25.1. The number of nitrogens with one attached hydrogen (secondary N) is 1. The molecule has 2 rings (SSSR count). The van der Waals surface area contributed by atoms with Crippen LogP contribution in [0.1, 0.15) is 38.5 Å². The Balaban J connectivity index is 1.69. The molecule has 0 aliphatic carbocycles. The molecule has 0 aromatic heterocycles. The average Bonchev–Trinajstić information content (AvgIpc) is 2.94. The van der Waals surface area contributed by atoms with Crippen LogP contribution in [0.4, 0.5) is 0 Å². The summed E-state index contributed by atoms with van der Waals surface area (Å²) in [4.78, 5) is 14.6. The fourth-order valence-corrected chi connectivity index (χ4v) is 4.34. The highest BCUT2D eigenvalue weighted by molar-refractivity contribution is 7.88. The molecule has 6 nitrogen and oxygen atoms in total. The van der Waals surface area contributed by atoms with E-state index in [9.17, 15) is 13.2 Å². The van der Waals surface area contributed by atoms with Gasteiger partial charge in [-0.2, -0.15) is 4.31 Å². The van der Waals surface area contributed by atoms with Gasteiger partial charge in [0, 0.05) is 13.1 Å². The first-order valence-corrected chi connectivity index (χ1v) is 9.80. The Morgan fingerprint density at radius 2 is 1.86 bits per heavy atom. The highest BCUT2D eigenvalue weighted by atomic mass is 32.2. The summed E-state index contributed by atoms with van der Waals surface area (Å²) in [7, 11) is -3.28. The van der Waals surface area contributed by atoms with Crippen LogP contribution in [-0.2, 0) is 14.8 Å². The van der Waals surface area contributed by atoms with E-state index in [-0.39, 0.29) is 5.91 Å². The molecule has 21 heavy (non-hydrogen) atoms. The van der Waals surface area contributed by atoms with E-state index in [1.807, 2.05) is 0 Å². The lowest BCUT2D eigenvalue weighted by Gasteiger charge is -2.26. The van der Waals surface area contributed by atoms with E-state index < -0.39 is 16.1 Å². The van der Waals surface area contributed by atoms with Crippen LogP contribution in [0, 0.1) is 0 Å². The summed E-state index contributed by atoms with van der Waals surface area (Å²) < 4.78 is 24.6. The topological polar surface area (TPSA) is 69.7 Å². The van der Waals surface area contributed by atoms with Gasteiger partial charge in [-0.3, -0.25) is 4.79 Å². The molecule has 2 saturated heterocycles. The molecular weight excluding hydrogens is 290 g/mol. The Morgan fingerprint density at radius 1 is 1.14 bits per heavy atom. The van der Waals surface area contributed by atoms with Crippen molar-refractivity contribution >= 4 is 15.9 Å². The number of sulfonamides is 1. The van der Waals surface area contributed by atoms with E-state index in [2.05, 4.69) is 10.2 Å². The van der Waals surface area contributed by atoms with E-state index in [0.29, 0.717) is 19.5 Å². The molecule has 0 aromatic carbocycles. The molecule has 1 atom stereocenters. The van der Waals surface area contributed by atoms with E-state index in [1.165, 1.54) is 42.9 Å². The van der Waals surface area contributed by atoms with Gasteiger partial charge in [-0.1, -0.05) is 6.42 Å². The van der Waals surface area contributed by atoms with Crippen molar-refractivity contribution in [1.29, 1.82) is 0 Å². The van der Waals surface area contributed by atoms with Gasteiger partial charge >= 0.3 is 0 Å². The molecule has 122 valence electrons. The van der Waals surface area contributed by atoms with Gasteiger partial charge in [0.15, 0.2) is 0 Å². The van der Waals surface area contributed by atoms with Crippen molar-refractivity contribution < 1.29 is 13.2 Å². The maximum Gasteiger partial charge on any atom is 0.238 e. The fourth-order valence-electron chi connectivity index (χ4n) is 3.21. The molecule has 2 aliphatic heterocycles. The second kappa shape index (κ2) is 7.56. The van der Waals surface area contributed by atoms with Crippen LogP contribution in [0.5, 0.6) is 0 Å². The van der Waals surface area contributed by atoms with Crippen LogP contribution in [0.3, 0.4) is 0 Å². The highest BCUT2D eigenvalue weighted by Crippen LogP contribution is 2.20. The third-order valence-electron chi connectivity index (χ3n) is 4.33. The number of nitrogens with zero attached hydrogens (tertiary/aromatic N) is 2. The number of likely N-dealkylation sites (tertiary alicyclic amines) is 1. The lowest BCUT2D eigenvalue weighted by molar-refractivity contribution is -0.124. The zero-order chi connectivity index (χ0) is 15.3. The molecule has 0 saturated carbocycles. The molecule has 2 fully saturated rings. The Hall–Kier alpha value is -0.660. The first-order chi connectivity index (χ1) is 9.98. The molecule has 2 heterocycles. The van der Waals surface area contributed by atoms with Gasteiger partial charge in [-0.15, -0.1) is 0 Å². The minimum absolute atomic E-state index is 0.142. The van der Waals surface area contributed by atoms with E-state index >= 15 is 0 Å². The molecule has 0 aromatic rings. The van der Waals surface area contributed by atoms with Gasteiger partial charge in [0.25, 0.3) is 0 Å². The zero-order valence-electron chi connectivity index (χ0n) is 12.9. The van der Waals surface area contributed by atoms with Crippen LogP contribution in [0.25, 0.3) is 0 Å². The SMILES string of the molecule is CS(=O)(=O)N1CCC[C@H]1C(=O)NCCCN1CCCCC1. The van der Waals surface area contributed by atoms with Crippen molar-refractivity contribution in [3.05, 3.63) is 0 Å². The van der Waals surface area contributed by atoms with Gasteiger partial charge in [-0.05, 0) is 51.7 Å². The molecule has 0 unspecified atom stereocenters. The number of piperidine rings is 1. The summed E-state index contributed by atoms with van der Waals surface area (Å²) in [5.74, 6) is -0.142. The predicted octanol–water partition coefficient (Wildman–Crippen LogP) is 0.403. The van der Waals surface area contributed by atoms with Crippen LogP contribution < -0.4 is 5.32 Å². The summed E-state index contributed by atoms with van der Waals surface area (Å²) in [5, 5.41) is 2.89. The molecule has 0 radical (unpaired) electrons. The largest absolute Gasteiger partial charge is 0.355 e. The standard InChI is InChI=1S/C14H27N3O3S/c1-21(19,20)17-12-5-7-13(17)14(18)15-8-6-11-16-9-3-2-4-10-16/h13H,2-12H2,1H3,(H,15,18)/t13-/m0/s1. The van der Waals surface area contributed by atoms with Gasteiger partial charge < -0.3 is 10.2 Å². The Kier molecular flexibility index (Phi) is 6.01. The van der Waals surface area contributed by atoms with Crippen molar-refractivity contribution in [2.45, 2.75) is 44.6 Å². The maximum atomic E-state index is 12.1. The Labute approximate surface area is 127 Å². The lowest BCUT2D eigenvalue weighted by atomic mass is 10.1. The maximum absolute atomic E-state index is 12.1. The van der Waals surface area contributed by atoms with Crippen molar-refractivity contribution in [3.8, 4) is 0 Å². The highest BCUT2D eigenvalue weighted by Gasteiger charge is 2.36. The van der Waals surface area contributed by atoms with Gasteiger partial charge in [0.2, 0.25) is 15.9 Å². The number of amides is 1. The lowest BCUT2D eigenvalue weighted by Crippen LogP contribution is -2.46. The van der Waals surface area contributed by atoms with Crippen LogP contribution in [-0.4, -0.2) is 68.6 Å². The number of rotatable bonds is 6. The smallest absolute Gasteiger partial charge is 0.238 e. The first-order valence-electron chi connectivity index (χ1n) is 7.95. The van der Waals surface area contributed by atoms with Crippen molar-refractivity contribution in [1.82, 2.24) is 14.5 Å². The number of carbonyl (C=O) groups is 1. The number of hydrogen-bond donors (Lipinski definition) is 1. The van der Waals surface area contributed by atoms with Crippen LogP contribution in [0.2, 0.25) is 0 Å².